The second kappa shape index (κ2) is 13.7. The quantitative estimate of drug-likeness (QED) is 0.111. The Labute approximate surface area is 269 Å². The van der Waals surface area contributed by atoms with Crippen LogP contribution in [0.1, 0.15) is 46.8 Å². The van der Waals surface area contributed by atoms with Gasteiger partial charge in [0.2, 0.25) is 0 Å². The lowest BCUT2D eigenvalue weighted by Gasteiger charge is -2.21. The molecular formula is C35H32N6O6. The number of carbonyl (C=O) groups excluding carboxylic acids is 3. The maximum absolute atomic E-state index is 13.0. The Morgan fingerprint density at radius 3 is 2.68 bits per heavy atom. The molecule has 1 unspecified atom stereocenters. The molecule has 2 aromatic carbocycles. The van der Waals surface area contributed by atoms with Gasteiger partial charge in [-0.1, -0.05) is 42.2 Å². The van der Waals surface area contributed by atoms with Crippen molar-refractivity contribution < 1.29 is 23.9 Å². The van der Waals surface area contributed by atoms with Gasteiger partial charge in [-0.25, -0.2) is 14.6 Å². The minimum atomic E-state index is -0.630. The Bertz CT molecular complexity index is 2100. The lowest BCUT2D eigenvalue weighted by molar-refractivity contribution is -0.132. The molecule has 1 aliphatic carbocycles. The number of rotatable bonds is 9. The van der Waals surface area contributed by atoms with E-state index < -0.39 is 12.0 Å². The number of anilines is 1. The number of nitrogen functional groups attached to an aromatic ring is 1. The molecule has 2 N–H and O–H groups in total. The number of pyridine rings is 1. The Kier molecular flexibility index (Phi) is 9.08. The highest BCUT2D eigenvalue weighted by atomic mass is 16.5. The highest BCUT2D eigenvalue weighted by Crippen LogP contribution is 2.27. The van der Waals surface area contributed by atoms with Gasteiger partial charge >= 0.3 is 11.7 Å². The first kappa shape index (κ1) is 31.2. The van der Waals surface area contributed by atoms with E-state index in [1.54, 1.807) is 42.3 Å². The molecule has 6 rings (SSSR count). The van der Waals surface area contributed by atoms with E-state index in [0.717, 1.165) is 11.1 Å². The van der Waals surface area contributed by atoms with Crippen LogP contribution in [-0.4, -0.2) is 54.6 Å². The molecule has 0 amide bonds. The van der Waals surface area contributed by atoms with E-state index in [9.17, 15) is 19.2 Å². The predicted octanol–water partition coefficient (Wildman–Crippen LogP) is 3.47. The van der Waals surface area contributed by atoms with E-state index in [1.807, 2.05) is 42.6 Å². The van der Waals surface area contributed by atoms with Crippen LogP contribution in [0.5, 0.6) is 0 Å². The van der Waals surface area contributed by atoms with E-state index >= 15 is 0 Å². The maximum Gasteiger partial charge on any atom is 0.342 e. The van der Waals surface area contributed by atoms with Gasteiger partial charge in [0.05, 0.1) is 42.8 Å². The van der Waals surface area contributed by atoms with Crippen molar-refractivity contribution >= 4 is 34.4 Å². The van der Waals surface area contributed by atoms with Crippen LogP contribution in [0.4, 0.5) is 5.82 Å². The molecular weight excluding hydrogens is 600 g/mol. The number of nitrogens with two attached hydrogens (primary N) is 1. The zero-order valence-corrected chi connectivity index (χ0v) is 25.7. The minimum absolute atomic E-state index is 0.0848. The van der Waals surface area contributed by atoms with Crippen LogP contribution >= 0.6 is 0 Å². The number of nitrogens with zero attached hydrogens (tertiary/aromatic N) is 5. The number of imidazole rings is 1. The van der Waals surface area contributed by atoms with Gasteiger partial charge in [0.25, 0.3) is 0 Å². The number of fused-ring (bicyclic) bond motifs is 1. The van der Waals surface area contributed by atoms with Gasteiger partial charge in [0.1, 0.15) is 30.4 Å². The molecule has 5 aromatic rings. The molecule has 12 nitrogen and oxygen atoms in total. The van der Waals surface area contributed by atoms with Gasteiger partial charge < -0.3 is 15.2 Å². The maximum atomic E-state index is 13.0. The van der Waals surface area contributed by atoms with Gasteiger partial charge in [-0.2, -0.15) is 5.10 Å². The molecule has 0 saturated heterocycles. The molecule has 47 heavy (non-hydrogen) atoms. The standard InChI is InChI=1S/C35H32N6O6/c1-39-31-16-23(9-11-29(31)41(35(39)45)30-12-10-27(42)18-32(30)43)8-5-14-46-15-13-40-21-26(20-38-40)25-17-28(33(36)37-19-25)34(44)47-22-24-6-3-2-4-7-24/h2-4,6-7,9,11,16-17,19-21,30H,10,12-15,18,22H2,1H3,(H2,36,37). The summed E-state index contributed by atoms with van der Waals surface area (Å²) in [5.41, 5.74) is 10.2. The van der Waals surface area contributed by atoms with Crippen LogP contribution in [0.15, 0.2) is 78.0 Å². The van der Waals surface area contributed by atoms with Gasteiger partial charge in [-0.3, -0.25) is 23.4 Å². The number of carbonyl (C=O) groups is 3. The number of aryl methyl sites for hydroxylation is 1. The van der Waals surface area contributed by atoms with E-state index in [1.165, 1.54) is 9.13 Å². The van der Waals surface area contributed by atoms with Crippen LogP contribution in [0, 0.1) is 11.8 Å². The van der Waals surface area contributed by atoms with Crippen LogP contribution in [-0.2, 0) is 39.3 Å². The molecule has 3 aromatic heterocycles. The molecule has 1 aliphatic rings. The van der Waals surface area contributed by atoms with Crippen molar-refractivity contribution in [2.24, 2.45) is 7.05 Å². The highest BCUT2D eigenvalue weighted by Gasteiger charge is 2.31. The summed E-state index contributed by atoms with van der Waals surface area (Å²) in [4.78, 5) is 54.0. The smallest absolute Gasteiger partial charge is 0.342 e. The fourth-order valence-corrected chi connectivity index (χ4v) is 5.53. The van der Waals surface area contributed by atoms with Crippen molar-refractivity contribution in [2.45, 2.75) is 38.5 Å². The lowest BCUT2D eigenvalue weighted by Crippen LogP contribution is -2.34. The van der Waals surface area contributed by atoms with Crippen molar-refractivity contribution in [1.29, 1.82) is 0 Å². The second-order valence-electron chi connectivity index (χ2n) is 11.2. The first-order chi connectivity index (χ1) is 22.8. The van der Waals surface area contributed by atoms with Gasteiger partial charge in [0, 0.05) is 42.6 Å². The van der Waals surface area contributed by atoms with E-state index in [4.69, 9.17) is 15.2 Å². The number of Topliss-reactive ketones (excluding diaryl/α,β-unsaturated/α-hetero) is 2. The molecule has 3 heterocycles. The summed E-state index contributed by atoms with van der Waals surface area (Å²) in [6.07, 6.45) is 5.57. The zero-order valence-electron chi connectivity index (χ0n) is 25.7. The number of hydrogen-bond acceptors (Lipinski definition) is 9. The third-order valence-electron chi connectivity index (χ3n) is 8.03. The molecule has 1 atom stereocenters. The number of ether oxygens (including phenoxy) is 2. The molecule has 0 radical (unpaired) electrons. The van der Waals surface area contributed by atoms with E-state index in [0.29, 0.717) is 48.2 Å². The SMILES string of the molecule is Cn1c(=O)n(C2CCC(=O)CC2=O)c2ccc(C#CCOCCn3cc(-c4cnc(N)c(C(=O)OCc5ccccc5)c4)cn3)cc21. The van der Waals surface area contributed by atoms with Crippen molar-refractivity contribution in [2.75, 3.05) is 18.9 Å². The molecule has 238 valence electrons. The Hall–Kier alpha value is -5.80. The summed E-state index contributed by atoms with van der Waals surface area (Å²) < 4.78 is 15.8. The second-order valence-corrected chi connectivity index (χ2v) is 11.2. The highest BCUT2D eigenvalue weighted by molar-refractivity contribution is 6.03. The lowest BCUT2D eigenvalue weighted by atomic mass is 9.93. The van der Waals surface area contributed by atoms with Crippen LogP contribution in [0.3, 0.4) is 0 Å². The number of esters is 1. The number of hydrogen-bond donors (Lipinski definition) is 1. The summed E-state index contributed by atoms with van der Waals surface area (Å²) in [5, 5.41) is 4.38. The number of benzene rings is 2. The van der Waals surface area contributed by atoms with Gasteiger partial charge in [-0.15, -0.1) is 0 Å². The summed E-state index contributed by atoms with van der Waals surface area (Å²) in [5.74, 6) is 5.27. The Morgan fingerprint density at radius 1 is 1.04 bits per heavy atom. The molecule has 0 aliphatic heterocycles. The number of aromatic nitrogens is 5. The van der Waals surface area contributed by atoms with Crippen LogP contribution in [0.2, 0.25) is 0 Å². The van der Waals surface area contributed by atoms with E-state index in [2.05, 4.69) is 21.9 Å². The van der Waals surface area contributed by atoms with Gasteiger partial charge in [-0.05, 0) is 36.2 Å². The molecule has 1 fully saturated rings. The van der Waals surface area contributed by atoms with Crippen LogP contribution in [0.25, 0.3) is 22.2 Å². The fourth-order valence-electron chi connectivity index (χ4n) is 5.53. The average Bonchev–Trinajstić information content (AvgIpc) is 3.64. The summed E-state index contributed by atoms with van der Waals surface area (Å²) in [6, 6.07) is 15.8. The summed E-state index contributed by atoms with van der Waals surface area (Å²) in [7, 11) is 1.66. The van der Waals surface area contributed by atoms with Crippen molar-refractivity contribution in [1.82, 2.24) is 23.9 Å². The number of ketones is 2. The predicted molar refractivity (Wildman–Crippen MR) is 173 cm³/mol. The van der Waals surface area contributed by atoms with Crippen molar-refractivity contribution in [3.8, 4) is 23.0 Å². The van der Waals surface area contributed by atoms with E-state index in [-0.39, 0.29) is 48.3 Å². The first-order valence-electron chi connectivity index (χ1n) is 15.1. The van der Waals surface area contributed by atoms with Crippen molar-refractivity contribution in [3.05, 3.63) is 100 Å². The summed E-state index contributed by atoms with van der Waals surface area (Å²) in [6.45, 7) is 1.15. The largest absolute Gasteiger partial charge is 0.457 e. The normalized spacial score (nSPS) is 14.6. The topological polar surface area (TPSA) is 153 Å². The molecule has 1 saturated carbocycles. The van der Waals surface area contributed by atoms with Crippen molar-refractivity contribution in [3.63, 3.8) is 0 Å². The van der Waals surface area contributed by atoms with Gasteiger partial charge in [0.15, 0.2) is 5.78 Å². The van der Waals surface area contributed by atoms with Crippen LogP contribution < -0.4 is 11.4 Å². The molecule has 0 spiro atoms. The fraction of sp³-hybridized carbons (Fsp3) is 0.257. The third kappa shape index (κ3) is 6.90. The molecule has 12 heteroatoms. The molecule has 0 bridgehead atoms. The monoisotopic (exact) mass is 632 g/mol. The first-order valence-corrected chi connectivity index (χ1v) is 15.1. The third-order valence-corrected chi connectivity index (χ3v) is 8.03. The zero-order chi connectivity index (χ0) is 32.9. The Morgan fingerprint density at radius 2 is 1.87 bits per heavy atom. The summed E-state index contributed by atoms with van der Waals surface area (Å²) >= 11 is 0. The minimum Gasteiger partial charge on any atom is -0.457 e. The Balaban J connectivity index is 1.03. The average molecular weight is 633 g/mol.